The molecule has 1 aliphatic heterocycles. The molecule has 1 aromatic carbocycles. The zero-order valence-corrected chi connectivity index (χ0v) is 20.3. The maximum Gasteiger partial charge on any atom is 0.191 e. The molecular weight excluding hydrogens is 483 g/mol. The summed E-state index contributed by atoms with van der Waals surface area (Å²) in [5.74, 6) is 0.912. The average Bonchev–Trinajstić information content (AvgIpc) is 3.02. The number of aromatic amines is 1. The van der Waals surface area contributed by atoms with Crippen molar-refractivity contribution in [2.45, 2.75) is 37.9 Å². The summed E-state index contributed by atoms with van der Waals surface area (Å²) < 4.78 is 5.75. The minimum atomic E-state index is 0. The van der Waals surface area contributed by atoms with Crippen LogP contribution in [0.4, 0.5) is 0 Å². The molecule has 0 amide bonds. The minimum Gasteiger partial charge on any atom is -0.381 e. The molecule has 0 radical (unpaired) electrons. The number of hydrogen-bond donors (Lipinski definition) is 3. The molecular formula is C21H33IN4OS. The molecule has 0 saturated carbocycles. The molecule has 1 saturated heterocycles. The molecule has 0 unspecified atom stereocenters. The standard InChI is InChI=1S/C21H32N4OS.HI/c1-4-22-20(24-15-21(27-3)10-13-26-14-11-21)23-12-9-17-16(2)25-19-8-6-5-7-18(17)19;/h5-8,25H,4,9-15H2,1-3H3,(H2,22,23,24);1H. The molecule has 3 rings (SSSR count). The highest BCUT2D eigenvalue weighted by molar-refractivity contribution is 14.0. The summed E-state index contributed by atoms with van der Waals surface area (Å²) in [5, 5.41) is 8.22. The van der Waals surface area contributed by atoms with Gasteiger partial charge in [-0.3, -0.25) is 4.99 Å². The number of aromatic nitrogens is 1. The van der Waals surface area contributed by atoms with Crippen LogP contribution in [0.5, 0.6) is 0 Å². The lowest BCUT2D eigenvalue weighted by molar-refractivity contribution is 0.0794. The first-order valence-electron chi connectivity index (χ1n) is 9.89. The Bertz CT molecular complexity index is 771. The summed E-state index contributed by atoms with van der Waals surface area (Å²) in [6.45, 7) is 8.53. The van der Waals surface area contributed by atoms with E-state index in [0.29, 0.717) is 0 Å². The number of para-hydroxylation sites is 1. The van der Waals surface area contributed by atoms with E-state index in [-0.39, 0.29) is 28.7 Å². The van der Waals surface area contributed by atoms with Crippen LogP contribution in [-0.4, -0.2) is 54.8 Å². The normalized spacial score (nSPS) is 16.6. The molecule has 2 aromatic rings. The third kappa shape index (κ3) is 5.79. The lowest BCUT2D eigenvalue weighted by Gasteiger charge is -2.34. The number of aliphatic imine (C=N–C) groups is 1. The zero-order valence-electron chi connectivity index (χ0n) is 17.1. The molecule has 0 aliphatic carbocycles. The quantitative estimate of drug-likeness (QED) is 0.295. The Kier molecular flexibility index (Phi) is 9.43. The number of fused-ring (bicyclic) bond motifs is 1. The number of thioether (sulfide) groups is 1. The largest absolute Gasteiger partial charge is 0.381 e. The number of H-pyrrole nitrogens is 1. The molecule has 28 heavy (non-hydrogen) atoms. The van der Waals surface area contributed by atoms with Gasteiger partial charge in [0.2, 0.25) is 0 Å². The van der Waals surface area contributed by atoms with Crippen molar-refractivity contribution in [2.75, 3.05) is 39.1 Å². The topological polar surface area (TPSA) is 61.4 Å². The van der Waals surface area contributed by atoms with Crippen LogP contribution in [0.2, 0.25) is 0 Å². The van der Waals surface area contributed by atoms with Crippen molar-refractivity contribution in [1.29, 1.82) is 0 Å². The monoisotopic (exact) mass is 516 g/mol. The molecule has 1 aromatic heterocycles. The fourth-order valence-electron chi connectivity index (χ4n) is 3.70. The van der Waals surface area contributed by atoms with Gasteiger partial charge >= 0.3 is 0 Å². The van der Waals surface area contributed by atoms with Crippen molar-refractivity contribution in [3.63, 3.8) is 0 Å². The van der Waals surface area contributed by atoms with E-state index >= 15 is 0 Å². The number of nitrogens with zero attached hydrogens (tertiary/aromatic N) is 1. The zero-order chi connectivity index (χ0) is 19.1. The Morgan fingerprint density at radius 3 is 2.71 bits per heavy atom. The van der Waals surface area contributed by atoms with E-state index in [4.69, 9.17) is 9.73 Å². The van der Waals surface area contributed by atoms with E-state index in [1.165, 1.54) is 22.2 Å². The Balaban J connectivity index is 0.00000280. The van der Waals surface area contributed by atoms with Crippen LogP contribution < -0.4 is 10.6 Å². The number of nitrogens with one attached hydrogen (secondary N) is 3. The third-order valence-electron chi connectivity index (χ3n) is 5.40. The lowest BCUT2D eigenvalue weighted by Crippen LogP contribution is -2.41. The summed E-state index contributed by atoms with van der Waals surface area (Å²) in [6, 6.07) is 8.52. The third-order valence-corrected chi connectivity index (χ3v) is 6.80. The lowest BCUT2D eigenvalue weighted by atomic mass is 9.99. The number of ether oxygens (including phenoxy) is 1. The summed E-state index contributed by atoms with van der Waals surface area (Å²) in [6.07, 6.45) is 5.32. The van der Waals surface area contributed by atoms with E-state index in [0.717, 1.165) is 58.1 Å². The van der Waals surface area contributed by atoms with Crippen molar-refractivity contribution in [3.8, 4) is 0 Å². The van der Waals surface area contributed by atoms with Gasteiger partial charge in [0.05, 0.1) is 6.54 Å². The van der Waals surface area contributed by atoms with Crippen LogP contribution in [0.25, 0.3) is 10.9 Å². The molecule has 3 N–H and O–H groups in total. The van der Waals surface area contributed by atoms with E-state index in [1.54, 1.807) is 0 Å². The van der Waals surface area contributed by atoms with Crippen molar-refractivity contribution in [1.82, 2.24) is 15.6 Å². The number of hydrogen-bond acceptors (Lipinski definition) is 3. The number of aryl methyl sites for hydroxylation is 1. The second kappa shape index (κ2) is 11.3. The second-order valence-electron chi connectivity index (χ2n) is 7.15. The first-order valence-corrected chi connectivity index (χ1v) is 11.1. The van der Waals surface area contributed by atoms with Crippen LogP contribution in [0, 0.1) is 6.92 Å². The SMILES string of the molecule is CCNC(=NCC1(SC)CCOCC1)NCCc1c(C)[nH]c2ccccc12.I. The molecule has 1 aliphatic rings. The number of halogens is 1. The van der Waals surface area contributed by atoms with Crippen LogP contribution in [0.15, 0.2) is 29.3 Å². The summed E-state index contributed by atoms with van der Waals surface area (Å²) in [5.41, 5.74) is 3.86. The highest BCUT2D eigenvalue weighted by atomic mass is 127. The van der Waals surface area contributed by atoms with Gasteiger partial charge in [-0.05, 0) is 51.0 Å². The van der Waals surface area contributed by atoms with Gasteiger partial charge in [-0.25, -0.2) is 0 Å². The van der Waals surface area contributed by atoms with Gasteiger partial charge < -0.3 is 20.4 Å². The van der Waals surface area contributed by atoms with Gasteiger partial charge in [0.15, 0.2) is 5.96 Å². The molecule has 2 heterocycles. The molecule has 0 atom stereocenters. The van der Waals surface area contributed by atoms with Crippen LogP contribution in [-0.2, 0) is 11.2 Å². The van der Waals surface area contributed by atoms with Crippen molar-refractivity contribution in [2.24, 2.45) is 4.99 Å². The highest BCUT2D eigenvalue weighted by Gasteiger charge is 2.31. The Morgan fingerprint density at radius 1 is 1.25 bits per heavy atom. The Labute approximate surface area is 189 Å². The summed E-state index contributed by atoms with van der Waals surface area (Å²) in [7, 11) is 0. The second-order valence-corrected chi connectivity index (χ2v) is 8.42. The van der Waals surface area contributed by atoms with Crippen molar-refractivity contribution in [3.05, 3.63) is 35.5 Å². The molecule has 7 heteroatoms. The molecule has 156 valence electrons. The smallest absolute Gasteiger partial charge is 0.191 e. The van der Waals surface area contributed by atoms with Crippen LogP contribution >= 0.6 is 35.7 Å². The molecule has 5 nitrogen and oxygen atoms in total. The van der Waals surface area contributed by atoms with Crippen LogP contribution in [0.3, 0.4) is 0 Å². The van der Waals surface area contributed by atoms with Crippen molar-refractivity contribution >= 4 is 52.6 Å². The van der Waals surface area contributed by atoms with E-state index in [1.807, 2.05) is 11.8 Å². The van der Waals surface area contributed by atoms with Gasteiger partial charge in [0, 0.05) is 47.6 Å². The van der Waals surface area contributed by atoms with Gasteiger partial charge in [0.25, 0.3) is 0 Å². The first kappa shape index (κ1) is 23.3. The van der Waals surface area contributed by atoms with Crippen molar-refractivity contribution < 1.29 is 4.74 Å². The van der Waals surface area contributed by atoms with Crippen LogP contribution in [0.1, 0.15) is 31.0 Å². The Hall–Kier alpha value is -0.930. The summed E-state index contributed by atoms with van der Waals surface area (Å²) >= 11 is 1.93. The highest BCUT2D eigenvalue weighted by Crippen LogP contribution is 2.34. The summed E-state index contributed by atoms with van der Waals surface area (Å²) in [4.78, 5) is 8.38. The molecule has 1 fully saturated rings. The van der Waals surface area contributed by atoms with Gasteiger partial charge in [-0.1, -0.05) is 18.2 Å². The predicted molar refractivity (Wildman–Crippen MR) is 132 cm³/mol. The predicted octanol–water partition coefficient (Wildman–Crippen LogP) is 4.10. The van der Waals surface area contributed by atoms with Gasteiger partial charge in [-0.15, -0.1) is 24.0 Å². The van der Waals surface area contributed by atoms with Gasteiger partial charge in [-0.2, -0.15) is 11.8 Å². The number of benzene rings is 1. The van der Waals surface area contributed by atoms with Gasteiger partial charge in [0.1, 0.15) is 0 Å². The maximum absolute atomic E-state index is 5.54. The fraction of sp³-hybridized carbons (Fsp3) is 0.571. The maximum atomic E-state index is 5.54. The Morgan fingerprint density at radius 2 is 2.00 bits per heavy atom. The van der Waals surface area contributed by atoms with E-state index in [2.05, 4.69) is 60.0 Å². The molecule has 0 bridgehead atoms. The number of rotatable bonds is 7. The average molecular weight is 516 g/mol. The fourth-order valence-corrected chi connectivity index (χ4v) is 4.47. The van der Waals surface area contributed by atoms with E-state index < -0.39 is 0 Å². The van der Waals surface area contributed by atoms with E-state index in [9.17, 15) is 0 Å². The molecule has 0 spiro atoms. The first-order chi connectivity index (χ1) is 13.2. The minimum absolute atomic E-state index is 0. The number of guanidine groups is 1.